The number of rotatable bonds is 6. The molecule has 2 aliphatic rings. The van der Waals surface area contributed by atoms with Crippen LogP contribution in [-0.4, -0.2) is 37.7 Å². The average molecular weight is 305 g/mol. The van der Waals surface area contributed by atoms with Gasteiger partial charge in [0.2, 0.25) is 0 Å². The number of hydrogen-bond acceptors (Lipinski definition) is 5. The van der Waals surface area contributed by atoms with Crippen molar-refractivity contribution in [1.82, 2.24) is 0 Å². The number of nitrogens with zero attached hydrogens (tertiary/aromatic N) is 1. The van der Waals surface area contributed by atoms with Crippen molar-refractivity contribution < 1.29 is 19.0 Å². The van der Waals surface area contributed by atoms with E-state index in [1.807, 2.05) is 25.1 Å². The Morgan fingerprint density at radius 2 is 2.14 bits per heavy atom. The van der Waals surface area contributed by atoms with Crippen molar-refractivity contribution >= 4 is 5.71 Å². The second kappa shape index (κ2) is 6.57. The van der Waals surface area contributed by atoms with E-state index < -0.39 is 0 Å². The summed E-state index contributed by atoms with van der Waals surface area (Å²) in [6, 6.07) is 5.96. The Balaban J connectivity index is 1.78. The molecule has 1 spiro atoms. The molecule has 2 heterocycles. The summed E-state index contributed by atoms with van der Waals surface area (Å²) in [6.45, 7) is 6.71. The molecule has 1 fully saturated rings. The first kappa shape index (κ1) is 15.2. The molecule has 1 aromatic rings. The van der Waals surface area contributed by atoms with E-state index in [1.165, 1.54) is 0 Å². The zero-order valence-electron chi connectivity index (χ0n) is 13.3. The molecule has 0 N–H and O–H groups in total. The van der Waals surface area contributed by atoms with Crippen LogP contribution >= 0.6 is 0 Å². The molecule has 22 heavy (non-hydrogen) atoms. The molecule has 0 amide bonds. The minimum atomic E-state index is -0.251. The van der Waals surface area contributed by atoms with E-state index in [0.29, 0.717) is 19.8 Å². The first-order valence-electron chi connectivity index (χ1n) is 7.99. The summed E-state index contributed by atoms with van der Waals surface area (Å²) in [5, 5.41) is 4.27. The van der Waals surface area contributed by atoms with E-state index in [-0.39, 0.29) is 5.60 Å². The van der Waals surface area contributed by atoms with Gasteiger partial charge in [-0.15, -0.1) is 0 Å². The maximum atomic E-state index is 5.73. The molecule has 1 atom stereocenters. The first-order chi connectivity index (χ1) is 10.8. The third-order valence-electron chi connectivity index (χ3n) is 3.94. The summed E-state index contributed by atoms with van der Waals surface area (Å²) >= 11 is 0. The number of benzene rings is 1. The molecule has 5 heteroatoms. The van der Waals surface area contributed by atoms with Crippen LogP contribution in [0, 0.1) is 0 Å². The number of ether oxygens (including phenoxy) is 3. The number of oxime groups is 1. The van der Waals surface area contributed by atoms with Gasteiger partial charge < -0.3 is 19.0 Å². The van der Waals surface area contributed by atoms with Gasteiger partial charge in [0.05, 0.1) is 32.1 Å². The predicted molar refractivity (Wildman–Crippen MR) is 83.8 cm³/mol. The second-order valence-electron chi connectivity index (χ2n) is 5.73. The van der Waals surface area contributed by atoms with Gasteiger partial charge >= 0.3 is 0 Å². The maximum absolute atomic E-state index is 5.73. The van der Waals surface area contributed by atoms with Crippen molar-refractivity contribution in [2.24, 2.45) is 5.16 Å². The average Bonchev–Trinajstić information content (AvgIpc) is 3.17. The molecule has 1 saturated heterocycles. The van der Waals surface area contributed by atoms with Crippen LogP contribution in [0.15, 0.2) is 23.4 Å². The van der Waals surface area contributed by atoms with Crippen molar-refractivity contribution in [2.45, 2.75) is 38.7 Å². The highest BCUT2D eigenvalue weighted by atomic mass is 16.7. The highest BCUT2D eigenvalue weighted by molar-refractivity contribution is 6.02. The van der Waals surface area contributed by atoms with Gasteiger partial charge in [-0.3, -0.25) is 0 Å². The molecule has 0 aromatic heterocycles. The van der Waals surface area contributed by atoms with Gasteiger partial charge in [-0.05, 0) is 31.5 Å². The Bertz CT molecular complexity index is 550. The van der Waals surface area contributed by atoms with Gasteiger partial charge in [0, 0.05) is 18.4 Å². The van der Waals surface area contributed by atoms with Gasteiger partial charge in [-0.25, -0.2) is 0 Å². The topological polar surface area (TPSA) is 49.3 Å². The van der Waals surface area contributed by atoms with Gasteiger partial charge in [0.1, 0.15) is 0 Å². The van der Waals surface area contributed by atoms with Crippen LogP contribution in [0.25, 0.3) is 0 Å². The minimum Gasteiger partial charge on any atom is -0.490 e. The highest BCUT2D eigenvalue weighted by Gasteiger charge is 2.43. The van der Waals surface area contributed by atoms with Crippen LogP contribution in [0.5, 0.6) is 11.5 Å². The van der Waals surface area contributed by atoms with Gasteiger partial charge in [0.15, 0.2) is 17.1 Å². The summed E-state index contributed by atoms with van der Waals surface area (Å²) in [6.07, 6.45) is 2.65. The molecule has 120 valence electrons. The largest absolute Gasteiger partial charge is 0.490 e. The Kier molecular flexibility index (Phi) is 4.52. The molecule has 3 rings (SSSR count). The normalized spacial score (nSPS) is 23.5. The highest BCUT2D eigenvalue weighted by Crippen LogP contribution is 2.36. The fourth-order valence-corrected chi connectivity index (χ4v) is 2.76. The Morgan fingerprint density at radius 1 is 1.23 bits per heavy atom. The lowest BCUT2D eigenvalue weighted by molar-refractivity contribution is -0.0237. The lowest BCUT2D eigenvalue weighted by atomic mass is 9.93. The smallest absolute Gasteiger partial charge is 0.168 e. The van der Waals surface area contributed by atoms with Crippen molar-refractivity contribution in [3.05, 3.63) is 23.8 Å². The zero-order chi connectivity index (χ0) is 15.4. The van der Waals surface area contributed by atoms with Crippen molar-refractivity contribution in [3.8, 4) is 11.5 Å². The van der Waals surface area contributed by atoms with Gasteiger partial charge in [-0.1, -0.05) is 12.1 Å². The summed E-state index contributed by atoms with van der Waals surface area (Å²) in [5.41, 5.74) is 1.72. The molecule has 1 unspecified atom stereocenters. The van der Waals surface area contributed by atoms with E-state index in [0.717, 1.165) is 48.6 Å². The van der Waals surface area contributed by atoms with Crippen LogP contribution in [0.2, 0.25) is 0 Å². The van der Waals surface area contributed by atoms with E-state index in [1.54, 1.807) is 0 Å². The third kappa shape index (κ3) is 3.04. The summed E-state index contributed by atoms with van der Waals surface area (Å²) < 4.78 is 16.9. The maximum Gasteiger partial charge on any atom is 0.168 e. The second-order valence-corrected chi connectivity index (χ2v) is 5.73. The summed E-state index contributed by atoms with van der Waals surface area (Å²) in [5.74, 6) is 1.55. The lowest BCUT2D eigenvalue weighted by Gasteiger charge is -2.17. The lowest BCUT2D eigenvalue weighted by Crippen LogP contribution is -2.29. The van der Waals surface area contributed by atoms with Crippen molar-refractivity contribution in [1.29, 1.82) is 0 Å². The van der Waals surface area contributed by atoms with Crippen molar-refractivity contribution in [2.75, 3.05) is 26.4 Å². The van der Waals surface area contributed by atoms with Gasteiger partial charge in [-0.2, -0.15) is 0 Å². The van der Waals surface area contributed by atoms with Crippen LogP contribution in [0.1, 0.15) is 38.7 Å². The van der Waals surface area contributed by atoms with Crippen LogP contribution in [0.4, 0.5) is 0 Å². The fraction of sp³-hybridized carbons (Fsp3) is 0.588. The molecule has 0 saturated carbocycles. The molecule has 0 bridgehead atoms. The van der Waals surface area contributed by atoms with Gasteiger partial charge in [0.25, 0.3) is 0 Å². The van der Waals surface area contributed by atoms with Crippen LogP contribution < -0.4 is 9.47 Å². The van der Waals surface area contributed by atoms with Crippen LogP contribution in [0.3, 0.4) is 0 Å². The zero-order valence-corrected chi connectivity index (χ0v) is 13.3. The third-order valence-corrected chi connectivity index (χ3v) is 3.94. The Labute approximate surface area is 131 Å². The fourth-order valence-electron chi connectivity index (χ4n) is 2.76. The molecule has 0 aliphatic carbocycles. The molecular weight excluding hydrogens is 282 g/mol. The number of hydrogen-bond donors (Lipinski definition) is 0. The van der Waals surface area contributed by atoms with E-state index in [4.69, 9.17) is 19.0 Å². The quantitative estimate of drug-likeness (QED) is 0.810. The summed E-state index contributed by atoms with van der Waals surface area (Å²) in [4.78, 5) is 5.65. The molecule has 0 radical (unpaired) electrons. The Hall–Kier alpha value is -1.75. The predicted octanol–water partition coefficient (Wildman–Crippen LogP) is 3.16. The molecule has 5 nitrogen and oxygen atoms in total. The Morgan fingerprint density at radius 3 is 2.86 bits per heavy atom. The van der Waals surface area contributed by atoms with Crippen molar-refractivity contribution in [3.63, 3.8) is 0 Å². The van der Waals surface area contributed by atoms with Crippen LogP contribution in [-0.2, 0) is 9.57 Å². The SMILES string of the molecule is CCCOc1ccc(C2=NOC3(CCOC3)C2)cc1OCC. The molecular formula is C17H23NO4. The standard InChI is InChI=1S/C17H23NO4/c1-3-8-21-15-6-5-13(10-16(15)20-4-2)14-11-17(22-18-14)7-9-19-12-17/h5-6,10H,3-4,7-9,11-12H2,1-2H3. The van der Waals surface area contributed by atoms with E-state index in [2.05, 4.69) is 12.1 Å². The van der Waals surface area contributed by atoms with E-state index >= 15 is 0 Å². The molecule has 1 aromatic carbocycles. The first-order valence-corrected chi connectivity index (χ1v) is 7.99. The minimum absolute atomic E-state index is 0.251. The summed E-state index contributed by atoms with van der Waals surface area (Å²) in [7, 11) is 0. The monoisotopic (exact) mass is 305 g/mol. The molecule has 2 aliphatic heterocycles. The van der Waals surface area contributed by atoms with E-state index in [9.17, 15) is 0 Å².